The molecule has 5 nitrogen and oxygen atoms in total. The van der Waals surface area contributed by atoms with Crippen LogP contribution in [0.1, 0.15) is 15.9 Å². The highest BCUT2D eigenvalue weighted by Crippen LogP contribution is 2.15. The first kappa shape index (κ1) is 16.3. The van der Waals surface area contributed by atoms with E-state index < -0.39 is 0 Å². The zero-order valence-corrected chi connectivity index (χ0v) is 13.0. The van der Waals surface area contributed by atoms with Crippen LogP contribution in [0.25, 0.3) is 0 Å². The zero-order chi connectivity index (χ0) is 15.9. The lowest BCUT2D eigenvalue weighted by Crippen LogP contribution is -2.29. The molecule has 0 atom stereocenters. The number of nitrogens with one attached hydrogen (secondary N) is 1. The highest BCUT2D eigenvalue weighted by Gasteiger charge is 2.08. The highest BCUT2D eigenvalue weighted by molar-refractivity contribution is 6.31. The number of nitrogens with zero attached hydrogens (tertiary/aromatic N) is 1. The average Bonchev–Trinajstić information content (AvgIpc) is 2.51. The van der Waals surface area contributed by atoms with Crippen LogP contribution in [0, 0.1) is 0 Å². The van der Waals surface area contributed by atoms with Gasteiger partial charge in [-0.3, -0.25) is 9.59 Å². The van der Waals surface area contributed by atoms with Gasteiger partial charge in [-0.15, -0.1) is 0 Å². The Hall–Kier alpha value is -2.11. The second-order valence-corrected chi connectivity index (χ2v) is 5.13. The largest absolute Gasteiger partial charge is 0.383 e. The van der Waals surface area contributed by atoms with Crippen LogP contribution < -0.4 is 10.9 Å². The minimum absolute atomic E-state index is 0.187. The first-order valence-electron chi connectivity index (χ1n) is 6.83. The molecule has 0 saturated carbocycles. The molecule has 6 heteroatoms. The number of ether oxygens (including phenoxy) is 1. The molecule has 0 radical (unpaired) electrons. The van der Waals surface area contributed by atoms with Gasteiger partial charge in [0.2, 0.25) is 0 Å². The summed E-state index contributed by atoms with van der Waals surface area (Å²) in [6, 6.07) is 10.2. The van der Waals surface area contributed by atoms with Gasteiger partial charge in [0.05, 0.1) is 18.7 Å². The van der Waals surface area contributed by atoms with Crippen LogP contribution >= 0.6 is 11.6 Å². The van der Waals surface area contributed by atoms with Crippen LogP contribution in [0.2, 0.25) is 5.02 Å². The fourth-order valence-corrected chi connectivity index (χ4v) is 2.16. The van der Waals surface area contributed by atoms with E-state index in [0.29, 0.717) is 30.3 Å². The maximum Gasteiger partial charge on any atom is 0.252 e. The minimum atomic E-state index is -0.245. The molecule has 0 unspecified atom stereocenters. The van der Waals surface area contributed by atoms with Gasteiger partial charge in [-0.25, -0.2) is 0 Å². The summed E-state index contributed by atoms with van der Waals surface area (Å²) in [4.78, 5) is 23.9. The van der Waals surface area contributed by atoms with Crippen LogP contribution in [-0.2, 0) is 11.3 Å². The number of rotatable bonds is 6. The third-order valence-electron chi connectivity index (χ3n) is 3.14. The van der Waals surface area contributed by atoms with E-state index in [9.17, 15) is 9.59 Å². The number of pyridine rings is 1. The van der Waals surface area contributed by atoms with E-state index >= 15 is 0 Å². The molecular weight excluding hydrogens is 304 g/mol. The summed E-state index contributed by atoms with van der Waals surface area (Å²) in [6.45, 7) is 1.17. The van der Waals surface area contributed by atoms with Crippen LogP contribution in [0.3, 0.4) is 0 Å². The van der Waals surface area contributed by atoms with Gasteiger partial charge in [-0.1, -0.05) is 29.8 Å². The lowest BCUT2D eigenvalue weighted by molar-refractivity contribution is 0.0936. The van der Waals surface area contributed by atoms with E-state index in [1.165, 1.54) is 22.9 Å². The van der Waals surface area contributed by atoms with Crippen molar-refractivity contribution in [2.45, 2.75) is 6.54 Å². The zero-order valence-electron chi connectivity index (χ0n) is 12.2. The number of aromatic nitrogens is 1. The van der Waals surface area contributed by atoms with E-state index in [4.69, 9.17) is 16.3 Å². The molecule has 0 spiro atoms. The quantitative estimate of drug-likeness (QED) is 0.827. The van der Waals surface area contributed by atoms with Crippen LogP contribution in [-0.4, -0.2) is 30.7 Å². The van der Waals surface area contributed by atoms with Gasteiger partial charge in [0, 0.05) is 30.9 Å². The van der Waals surface area contributed by atoms with Crippen molar-refractivity contribution in [2.75, 3.05) is 20.3 Å². The maximum atomic E-state index is 12.0. The van der Waals surface area contributed by atoms with Gasteiger partial charge in [0.1, 0.15) is 0 Å². The minimum Gasteiger partial charge on any atom is -0.383 e. The second kappa shape index (κ2) is 7.77. The van der Waals surface area contributed by atoms with E-state index in [1.54, 1.807) is 13.2 Å². The number of amides is 1. The molecule has 1 aromatic heterocycles. The summed E-state index contributed by atoms with van der Waals surface area (Å²) in [6.07, 6.45) is 1.54. The number of methoxy groups -OCH3 is 1. The molecule has 1 N–H and O–H groups in total. The topological polar surface area (TPSA) is 60.3 Å². The number of hydrogen-bond donors (Lipinski definition) is 1. The van der Waals surface area contributed by atoms with Gasteiger partial charge in [-0.2, -0.15) is 0 Å². The predicted molar refractivity (Wildman–Crippen MR) is 85.5 cm³/mol. The molecule has 0 bridgehead atoms. The van der Waals surface area contributed by atoms with Crippen molar-refractivity contribution in [1.82, 2.24) is 9.88 Å². The fourth-order valence-electron chi connectivity index (χ4n) is 1.97. The Kier molecular flexibility index (Phi) is 5.75. The number of carbonyl (C=O) groups excluding carboxylic acids is 1. The maximum absolute atomic E-state index is 12.0. The van der Waals surface area contributed by atoms with Crippen molar-refractivity contribution in [3.63, 3.8) is 0 Å². The molecule has 22 heavy (non-hydrogen) atoms. The first-order valence-corrected chi connectivity index (χ1v) is 7.20. The molecule has 0 aliphatic rings. The summed E-state index contributed by atoms with van der Waals surface area (Å²) in [7, 11) is 1.57. The average molecular weight is 321 g/mol. The predicted octanol–water partition coefficient (Wildman–Crippen LogP) is 1.93. The highest BCUT2D eigenvalue weighted by atomic mass is 35.5. The number of benzene rings is 1. The SMILES string of the molecule is COCCNC(=O)c1ccc(=O)n(Cc2ccccc2Cl)c1. The number of hydrogen-bond acceptors (Lipinski definition) is 3. The van der Waals surface area contributed by atoms with Gasteiger partial charge in [0.25, 0.3) is 11.5 Å². The molecule has 0 aliphatic carbocycles. The van der Waals surface area contributed by atoms with E-state index in [-0.39, 0.29) is 11.5 Å². The Bertz CT molecular complexity index is 713. The lowest BCUT2D eigenvalue weighted by Gasteiger charge is -2.10. The molecule has 116 valence electrons. The molecule has 2 aromatic rings. The van der Waals surface area contributed by atoms with Gasteiger partial charge in [-0.05, 0) is 17.7 Å². The van der Waals surface area contributed by atoms with Crippen molar-refractivity contribution in [2.24, 2.45) is 0 Å². The van der Waals surface area contributed by atoms with Gasteiger partial charge in [0.15, 0.2) is 0 Å². The van der Waals surface area contributed by atoms with Crippen molar-refractivity contribution >= 4 is 17.5 Å². The van der Waals surface area contributed by atoms with Crippen LogP contribution in [0.5, 0.6) is 0 Å². The summed E-state index contributed by atoms with van der Waals surface area (Å²) >= 11 is 6.10. The van der Waals surface area contributed by atoms with Crippen molar-refractivity contribution in [3.05, 3.63) is 69.1 Å². The van der Waals surface area contributed by atoms with E-state index in [0.717, 1.165) is 5.56 Å². The fraction of sp³-hybridized carbons (Fsp3) is 0.250. The summed E-state index contributed by atoms with van der Waals surface area (Å²) in [5.41, 5.74) is 1.05. The van der Waals surface area contributed by atoms with Gasteiger partial charge < -0.3 is 14.6 Å². The van der Waals surface area contributed by atoms with E-state index in [1.807, 2.05) is 18.2 Å². The van der Waals surface area contributed by atoms with E-state index in [2.05, 4.69) is 5.32 Å². The Morgan fingerprint density at radius 3 is 2.77 bits per heavy atom. The molecular formula is C16H17ClN2O3. The Labute approximate surface area is 133 Å². The lowest BCUT2D eigenvalue weighted by atomic mass is 10.2. The van der Waals surface area contributed by atoms with Crippen molar-refractivity contribution in [3.8, 4) is 0 Å². The molecule has 0 aliphatic heterocycles. The molecule has 1 amide bonds. The first-order chi connectivity index (χ1) is 10.6. The molecule has 1 heterocycles. The summed E-state index contributed by atoms with van der Waals surface area (Å²) < 4.78 is 6.34. The Morgan fingerprint density at radius 1 is 1.27 bits per heavy atom. The monoisotopic (exact) mass is 320 g/mol. The normalized spacial score (nSPS) is 10.5. The third-order valence-corrected chi connectivity index (χ3v) is 3.50. The van der Waals surface area contributed by atoms with Crippen LogP contribution in [0.15, 0.2) is 47.4 Å². The molecule has 0 saturated heterocycles. The second-order valence-electron chi connectivity index (χ2n) is 4.72. The number of carbonyl (C=O) groups is 1. The number of halogens is 1. The van der Waals surface area contributed by atoms with Crippen molar-refractivity contribution in [1.29, 1.82) is 0 Å². The smallest absolute Gasteiger partial charge is 0.252 e. The van der Waals surface area contributed by atoms with Crippen molar-refractivity contribution < 1.29 is 9.53 Å². The summed E-state index contributed by atoms with van der Waals surface area (Å²) in [5.74, 6) is -0.245. The van der Waals surface area contributed by atoms with Crippen LogP contribution in [0.4, 0.5) is 0 Å². The molecule has 0 fully saturated rings. The standard InChI is InChI=1S/C16H17ClN2O3/c1-22-9-8-18-16(21)13-6-7-15(20)19(11-13)10-12-4-2-3-5-14(12)17/h2-7,11H,8-10H2,1H3,(H,18,21). The Balaban J connectivity index is 2.18. The third kappa shape index (κ3) is 4.19. The Morgan fingerprint density at radius 2 is 2.05 bits per heavy atom. The van der Waals surface area contributed by atoms with Gasteiger partial charge >= 0.3 is 0 Å². The molecule has 2 rings (SSSR count). The summed E-state index contributed by atoms with van der Waals surface area (Å²) in [5, 5.41) is 3.30. The molecule has 1 aromatic carbocycles.